The van der Waals surface area contributed by atoms with Gasteiger partial charge in [-0.25, -0.2) is 10.0 Å². The molecule has 1 aromatic carbocycles. The molecule has 21 heavy (non-hydrogen) atoms. The lowest BCUT2D eigenvalue weighted by Crippen LogP contribution is -2.59. The van der Waals surface area contributed by atoms with E-state index in [1.807, 2.05) is 10.0 Å². The van der Waals surface area contributed by atoms with E-state index in [2.05, 4.69) is 21.1 Å². The summed E-state index contributed by atoms with van der Waals surface area (Å²) in [5.74, 6) is 0.745. The van der Waals surface area contributed by atoms with Crippen molar-refractivity contribution >= 4 is 17.9 Å². The number of fused-ring (bicyclic) bond motifs is 3. The molecule has 3 heterocycles. The number of nitrogens with one attached hydrogen (secondary N) is 2. The lowest BCUT2D eigenvalue weighted by Gasteiger charge is -2.41. The van der Waals surface area contributed by atoms with Crippen LogP contribution in [0, 0.1) is 10.1 Å². The molecule has 0 radical (unpaired) electrons. The molecular weight excluding hydrogens is 274 g/mol. The van der Waals surface area contributed by atoms with Crippen LogP contribution < -0.4 is 10.9 Å². The Morgan fingerprint density at radius 3 is 2.71 bits per heavy atom. The summed E-state index contributed by atoms with van der Waals surface area (Å²) >= 11 is 0. The predicted octanol–water partition coefficient (Wildman–Crippen LogP) is 0.371. The van der Waals surface area contributed by atoms with Gasteiger partial charge in [0.15, 0.2) is 5.84 Å². The molecule has 0 saturated carbocycles. The number of nitro groups is 1. The van der Waals surface area contributed by atoms with Gasteiger partial charge in [-0.1, -0.05) is 0 Å². The summed E-state index contributed by atoms with van der Waals surface area (Å²) in [4.78, 5) is 10.3. The van der Waals surface area contributed by atoms with E-state index in [1.165, 1.54) is 12.1 Å². The van der Waals surface area contributed by atoms with Gasteiger partial charge < -0.3 is 0 Å². The maximum Gasteiger partial charge on any atom is 0.269 e. The van der Waals surface area contributed by atoms with Gasteiger partial charge in [0, 0.05) is 17.7 Å². The van der Waals surface area contributed by atoms with E-state index >= 15 is 0 Å². The minimum Gasteiger partial charge on any atom is -0.284 e. The molecule has 108 valence electrons. The van der Waals surface area contributed by atoms with E-state index in [9.17, 15) is 10.1 Å². The zero-order valence-electron chi connectivity index (χ0n) is 11.0. The first kappa shape index (κ1) is 11.9. The standard InChI is InChI=1S/C12H13N7O2/c20-19(21)9-3-1-8(2-4-9)12-16-15-11-6-5-10-14-13-7-17(10)18(11)12/h1-4,7,10-11,14-15H,5-6H2. The molecule has 0 amide bonds. The highest BCUT2D eigenvalue weighted by molar-refractivity contribution is 6.00. The lowest BCUT2D eigenvalue weighted by atomic mass is 10.1. The predicted molar refractivity (Wildman–Crippen MR) is 74.9 cm³/mol. The highest BCUT2D eigenvalue weighted by atomic mass is 16.6. The molecule has 0 aliphatic carbocycles. The summed E-state index contributed by atoms with van der Waals surface area (Å²) in [6.45, 7) is 0. The van der Waals surface area contributed by atoms with E-state index in [0.717, 1.165) is 24.2 Å². The Morgan fingerprint density at radius 2 is 1.95 bits per heavy atom. The monoisotopic (exact) mass is 287 g/mol. The number of nitrogens with zero attached hydrogens (tertiary/aromatic N) is 5. The van der Waals surface area contributed by atoms with Gasteiger partial charge in [0.05, 0.1) is 4.92 Å². The van der Waals surface area contributed by atoms with Crippen LogP contribution in [0.3, 0.4) is 0 Å². The van der Waals surface area contributed by atoms with Crippen molar-refractivity contribution in [2.24, 2.45) is 10.2 Å². The quantitative estimate of drug-likeness (QED) is 0.602. The smallest absolute Gasteiger partial charge is 0.269 e. The van der Waals surface area contributed by atoms with E-state index in [1.54, 1.807) is 18.5 Å². The first-order chi connectivity index (χ1) is 10.2. The molecule has 9 heteroatoms. The number of hydrazine groups is 1. The fourth-order valence-electron chi connectivity index (χ4n) is 2.81. The van der Waals surface area contributed by atoms with E-state index in [0.29, 0.717) is 0 Å². The maximum atomic E-state index is 10.7. The molecule has 4 rings (SSSR count). The molecule has 3 aliphatic heterocycles. The van der Waals surface area contributed by atoms with Crippen molar-refractivity contribution in [1.29, 1.82) is 0 Å². The SMILES string of the molecule is O=[N+]([O-])c1ccc(C2=NNC3CCC4NN=CN4N23)cc1. The number of hydrogen-bond donors (Lipinski definition) is 2. The van der Waals surface area contributed by atoms with Crippen molar-refractivity contribution in [3.05, 3.63) is 39.9 Å². The van der Waals surface area contributed by atoms with Crippen LogP contribution in [0.4, 0.5) is 5.69 Å². The summed E-state index contributed by atoms with van der Waals surface area (Å²) in [6.07, 6.45) is 3.89. The Hall–Kier alpha value is -2.84. The van der Waals surface area contributed by atoms with Gasteiger partial charge >= 0.3 is 0 Å². The highest BCUT2D eigenvalue weighted by Gasteiger charge is 2.41. The first-order valence-electron chi connectivity index (χ1n) is 6.68. The molecular formula is C12H13N7O2. The van der Waals surface area contributed by atoms with Crippen LogP contribution in [0.1, 0.15) is 18.4 Å². The van der Waals surface area contributed by atoms with Crippen molar-refractivity contribution in [1.82, 2.24) is 20.9 Å². The third-order valence-electron chi connectivity index (χ3n) is 3.85. The van der Waals surface area contributed by atoms with Crippen molar-refractivity contribution < 1.29 is 4.92 Å². The minimum absolute atomic E-state index is 0.0720. The molecule has 1 fully saturated rings. The molecule has 1 saturated heterocycles. The van der Waals surface area contributed by atoms with Crippen LogP contribution in [-0.2, 0) is 0 Å². The summed E-state index contributed by atoms with van der Waals surface area (Å²) in [7, 11) is 0. The molecule has 9 nitrogen and oxygen atoms in total. The van der Waals surface area contributed by atoms with Crippen molar-refractivity contribution in [3.63, 3.8) is 0 Å². The van der Waals surface area contributed by atoms with Crippen LogP contribution in [0.2, 0.25) is 0 Å². The number of hydrazone groups is 2. The zero-order chi connectivity index (χ0) is 14.4. The number of benzene rings is 1. The normalized spacial score (nSPS) is 25.8. The largest absolute Gasteiger partial charge is 0.284 e. The van der Waals surface area contributed by atoms with Crippen LogP contribution in [0.5, 0.6) is 0 Å². The Bertz CT molecular complexity index is 642. The second kappa shape index (κ2) is 4.33. The Kier molecular flexibility index (Phi) is 2.46. The van der Waals surface area contributed by atoms with Crippen molar-refractivity contribution in [2.45, 2.75) is 25.2 Å². The van der Waals surface area contributed by atoms with Crippen LogP contribution in [0.15, 0.2) is 34.5 Å². The molecule has 0 bridgehead atoms. The zero-order valence-corrected chi connectivity index (χ0v) is 11.0. The average molecular weight is 287 g/mol. The van der Waals surface area contributed by atoms with E-state index in [-0.39, 0.29) is 18.0 Å². The number of rotatable bonds is 2. The fraction of sp³-hybridized carbons (Fsp3) is 0.333. The average Bonchev–Trinajstić information content (AvgIpc) is 3.13. The Balaban J connectivity index is 1.65. The highest BCUT2D eigenvalue weighted by Crippen LogP contribution is 2.28. The van der Waals surface area contributed by atoms with Gasteiger partial charge in [-0.15, -0.1) is 0 Å². The second-order valence-corrected chi connectivity index (χ2v) is 5.08. The van der Waals surface area contributed by atoms with E-state index in [4.69, 9.17) is 0 Å². The van der Waals surface area contributed by atoms with Gasteiger partial charge in [0.1, 0.15) is 18.7 Å². The van der Waals surface area contributed by atoms with Crippen LogP contribution in [0.25, 0.3) is 0 Å². The van der Waals surface area contributed by atoms with Gasteiger partial charge in [-0.3, -0.25) is 21.0 Å². The van der Waals surface area contributed by atoms with Crippen LogP contribution >= 0.6 is 0 Å². The maximum absolute atomic E-state index is 10.7. The second-order valence-electron chi connectivity index (χ2n) is 5.08. The molecule has 2 N–H and O–H groups in total. The third-order valence-corrected chi connectivity index (χ3v) is 3.85. The number of non-ortho nitro benzene ring substituents is 1. The van der Waals surface area contributed by atoms with Crippen molar-refractivity contribution in [3.8, 4) is 0 Å². The molecule has 2 atom stereocenters. The first-order valence-corrected chi connectivity index (χ1v) is 6.68. The molecule has 3 aliphatic rings. The third kappa shape index (κ3) is 1.77. The summed E-state index contributed by atoms with van der Waals surface area (Å²) in [5.41, 5.74) is 7.06. The van der Waals surface area contributed by atoms with Crippen molar-refractivity contribution in [2.75, 3.05) is 0 Å². The summed E-state index contributed by atoms with van der Waals surface area (Å²) in [6, 6.07) is 6.41. The molecule has 0 aromatic heterocycles. The number of nitro benzene ring substituents is 1. The van der Waals surface area contributed by atoms with Gasteiger partial charge in [-0.05, 0) is 25.0 Å². The minimum atomic E-state index is -0.407. The molecule has 1 aromatic rings. The topological polar surface area (TPSA) is 98.4 Å². The lowest BCUT2D eigenvalue weighted by molar-refractivity contribution is -0.384. The summed E-state index contributed by atoms with van der Waals surface area (Å²) in [5, 5.41) is 23.2. The number of hydrogen-bond acceptors (Lipinski definition) is 8. The van der Waals surface area contributed by atoms with E-state index < -0.39 is 4.92 Å². The molecule has 2 unspecified atom stereocenters. The Labute approximate surface area is 120 Å². The van der Waals surface area contributed by atoms with Crippen LogP contribution in [-0.4, -0.2) is 39.4 Å². The van der Waals surface area contributed by atoms with Gasteiger partial charge in [0.2, 0.25) is 0 Å². The number of amidine groups is 1. The van der Waals surface area contributed by atoms with Gasteiger partial charge in [0.25, 0.3) is 5.69 Å². The van der Waals surface area contributed by atoms with Gasteiger partial charge in [-0.2, -0.15) is 10.2 Å². The molecule has 0 spiro atoms. The summed E-state index contributed by atoms with van der Waals surface area (Å²) < 4.78 is 0. The fourth-order valence-corrected chi connectivity index (χ4v) is 2.81. The Morgan fingerprint density at radius 1 is 1.19 bits per heavy atom.